The molecule has 2 aromatic heterocycles. The zero-order valence-electron chi connectivity index (χ0n) is 12.4. The minimum atomic E-state index is 0.539. The lowest BCUT2D eigenvalue weighted by Gasteiger charge is -2.29. The van der Waals surface area contributed by atoms with Crippen molar-refractivity contribution in [2.24, 2.45) is 0 Å². The maximum absolute atomic E-state index is 4.48. The molecule has 0 spiro atoms. The molecule has 2 aromatic rings. The van der Waals surface area contributed by atoms with Gasteiger partial charge >= 0.3 is 0 Å². The van der Waals surface area contributed by atoms with Crippen LogP contribution in [-0.4, -0.2) is 29.1 Å². The van der Waals surface area contributed by atoms with Crippen LogP contribution in [-0.2, 0) is 0 Å². The molecule has 0 amide bonds. The number of rotatable bonds is 3. The molecule has 4 nitrogen and oxygen atoms in total. The zero-order valence-corrected chi connectivity index (χ0v) is 13.2. The number of anilines is 1. The second-order valence-electron chi connectivity index (χ2n) is 5.67. The fourth-order valence-corrected chi connectivity index (χ4v) is 4.01. The fraction of sp³-hybridized carbons (Fsp3) is 0.600. The van der Waals surface area contributed by atoms with Crippen molar-refractivity contribution < 1.29 is 0 Å². The molecule has 0 unspecified atom stereocenters. The minimum Gasteiger partial charge on any atom is -0.367 e. The summed E-state index contributed by atoms with van der Waals surface area (Å²) in [5, 5.41) is 8.24. The summed E-state index contributed by atoms with van der Waals surface area (Å²) in [6, 6.07) is 1.22. The van der Waals surface area contributed by atoms with Gasteiger partial charge in [-0.25, -0.2) is 9.97 Å². The normalized spacial score (nSPS) is 23.1. The Hall–Kier alpha value is -1.20. The summed E-state index contributed by atoms with van der Waals surface area (Å²) < 4.78 is 0. The molecule has 1 fully saturated rings. The van der Waals surface area contributed by atoms with Crippen molar-refractivity contribution in [2.75, 3.05) is 12.4 Å². The summed E-state index contributed by atoms with van der Waals surface area (Å²) in [6.07, 6.45) is 6.58. The Morgan fingerprint density at radius 3 is 2.50 bits per heavy atom. The quantitative estimate of drug-likeness (QED) is 0.911. The average molecular weight is 290 g/mol. The minimum absolute atomic E-state index is 0.539. The highest BCUT2D eigenvalue weighted by Gasteiger charge is 2.21. The van der Waals surface area contributed by atoms with Gasteiger partial charge in [-0.2, -0.15) is 0 Å². The van der Waals surface area contributed by atoms with E-state index in [2.05, 4.69) is 41.5 Å². The van der Waals surface area contributed by atoms with Crippen LogP contribution in [0.4, 0.5) is 5.82 Å². The SMILES string of the molecule is CNC1CCC(Nc2ncnc3sc(C)c(C)c23)CC1. The first-order valence-corrected chi connectivity index (χ1v) is 8.15. The highest BCUT2D eigenvalue weighted by Crippen LogP contribution is 2.33. The van der Waals surface area contributed by atoms with Gasteiger partial charge in [0.1, 0.15) is 17.0 Å². The van der Waals surface area contributed by atoms with Crippen LogP contribution in [0.5, 0.6) is 0 Å². The summed E-state index contributed by atoms with van der Waals surface area (Å²) in [6.45, 7) is 4.32. The van der Waals surface area contributed by atoms with Crippen molar-refractivity contribution in [3.05, 3.63) is 16.8 Å². The van der Waals surface area contributed by atoms with Gasteiger partial charge in [-0.05, 0) is 52.1 Å². The summed E-state index contributed by atoms with van der Waals surface area (Å²) in [5.74, 6) is 1.02. The lowest BCUT2D eigenvalue weighted by molar-refractivity contribution is 0.371. The van der Waals surface area contributed by atoms with Crippen LogP contribution in [0.15, 0.2) is 6.33 Å². The third-order valence-electron chi connectivity index (χ3n) is 4.44. The topological polar surface area (TPSA) is 49.8 Å². The van der Waals surface area contributed by atoms with Gasteiger partial charge in [0.15, 0.2) is 0 Å². The maximum atomic E-state index is 4.48. The molecule has 2 N–H and O–H groups in total. The van der Waals surface area contributed by atoms with Crippen LogP contribution in [0.2, 0.25) is 0 Å². The molecule has 1 aliphatic rings. The number of fused-ring (bicyclic) bond motifs is 1. The second kappa shape index (κ2) is 5.66. The molecular weight excluding hydrogens is 268 g/mol. The van der Waals surface area contributed by atoms with E-state index in [1.54, 1.807) is 17.7 Å². The van der Waals surface area contributed by atoms with E-state index in [0.29, 0.717) is 12.1 Å². The van der Waals surface area contributed by atoms with Crippen LogP contribution < -0.4 is 10.6 Å². The molecule has 3 rings (SSSR count). The van der Waals surface area contributed by atoms with Crippen molar-refractivity contribution in [1.82, 2.24) is 15.3 Å². The number of hydrogen-bond acceptors (Lipinski definition) is 5. The van der Waals surface area contributed by atoms with Gasteiger partial charge in [0, 0.05) is 17.0 Å². The highest BCUT2D eigenvalue weighted by molar-refractivity contribution is 7.18. The maximum Gasteiger partial charge on any atom is 0.138 e. The van der Waals surface area contributed by atoms with Gasteiger partial charge in [-0.1, -0.05) is 0 Å². The number of thiophene rings is 1. The number of aromatic nitrogens is 2. The van der Waals surface area contributed by atoms with Crippen molar-refractivity contribution >= 4 is 27.4 Å². The molecule has 108 valence electrons. The van der Waals surface area contributed by atoms with Crippen LogP contribution in [0.25, 0.3) is 10.2 Å². The molecule has 0 aromatic carbocycles. The lowest BCUT2D eigenvalue weighted by atomic mass is 9.91. The Balaban J connectivity index is 1.81. The largest absolute Gasteiger partial charge is 0.367 e. The van der Waals surface area contributed by atoms with E-state index in [1.165, 1.54) is 41.5 Å². The predicted molar refractivity (Wildman–Crippen MR) is 85.6 cm³/mol. The molecule has 5 heteroatoms. The predicted octanol–water partition coefficient (Wildman–Crippen LogP) is 3.25. The van der Waals surface area contributed by atoms with Crippen molar-refractivity contribution in [3.63, 3.8) is 0 Å². The van der Waals surface area contributed by atoms with Crippen molar-refractivity contribution in [1.29, 1.82) is 0 Å². The molecule has 0 saturated heterocycles. The smallest absolute Gasteiger partial charge is 0.138 e. The molecule has 0 radical (unpaired) electrons. The number of nitrogens with zero attached hydrogens (tertiary/aromatic N) is 2. The van der Waals surface area contributed by atoms with Crippen LogP contribution in [0, 0.1) is 13.8 Å². The molecule has 20 heavy (non-hydrogen) atoms. The Kier molecular flexibility index (Phi) is 3.89. The summed E-state index contributed by atoms with van der Waals surface area (Å²) >= 11 is 1.76. The summed E-state index contributed by atoms with van der Waals surface area (Å²) in [5.41, 5.74) is 1.32. The number of hydrogen-bond donors (Lipinski definition) is 2. The van der Waals surface area contributed by atoms with Gasteiger partial charge in [0.25, 0.3) is 0 Å². The Bertz CT molecular complexity index is 599. The molecule has 1 saturated carbocycles. The third-order valence-corrected chi connectivity index (χ3v) is 5.56. The van der Waals surface area contributed by atoms with E-state index in [0.717, 1.165) is 10.6 Å². The van der Waals surface area contributed by atoms with E-state index in [-0.39, 0.29) is 0 Å². The molecule has 0 aliphatic heterocycles. The van der Waals surface area contributed by atoms with Gasteiger partial charge in [-0.3, -0.25) is 0 Å². The average Bonchev–Trinajstić information content (AvgIpc) is 2.76. The monoisotopic (exact) mass is 290 g/mol. The van der Waals surface area contributed by atoms with Crippen LogP contribution in [0.3, 0.4) is 0 Å². The van der Waals surface area contributed by atoms with E-state index >= 15 is 0 Å². The number of nitrogens with one attached hydrogen (secondary N) is 2. The zero-order chi connectivity index (χ0) is 14.1. The summed E-state index contributed by atoms with van der Waals surface area (Å²) in [4.78, 5) is 11.3. The Morgan fingerprint density at radius 2 is 1.80 bits per heavy atom. The van der Waals surface area contributed by atoms with Crippen LogP contribution in [0.1, 0.15) is 36.1 Å². The molecule has 1 aliphatic carbocycles. The number of aryl methyl sites for hydroxylation is 2. The van der Waals surface area contributed by atoms with E-state index < -0.39 is 0 Å². The van der Waals surface area contributed by atoms with E-state index in [1.807, 2.05) is 0 Å². The Morgan fingerprint density at radius 1 is 1.10 bits per heavy atom. The second-order valence-corrected chi connectivity index (χ2v) is 6.87. The van der Waals surface area contributed by atoms with E-state index in [4.69, 9.17) is 0 Å². The Labute approximate surface area is 124 Å². The van der Waals surface area contributed by atoms with Gasteiger partial charge < -0.3 is 10.6 Å². The summed E-state index contributed by atoms with van der Waals surface area (Å²) in [7, 11) is 2.06. The van der Waals surface area contributed by atoms with Crippen molar-refractivity contribution in [3.8, 4) is 0 Å². The van der Waals surface area contributed by atoms with Gasteiger partial charge in [-0.15, -0.1) is 11.3 Å². The first-order valence-electron chi connectivity index (χ1n) is 7.33. The van der Waals surface area contributed by atoms with Crippen molar-refractivity contribution in [2.45, 2.75) is 51.6 Å². The van der Waals surface area contributed by atoms with Gasteiger partial charge in [0.2, 0.25) is 0 Å². The lowest BCUT2D eigenvalue weighted by Crippen LogP contribution is -2.35. The highest BCUT2D eigenvalue weighted by atomic mass is 32.1. The van der Waals surface area contributed by atoms with Gasteiger partial charge in [0.05, 0.1) is 5.39 Å². The van der Waals surface area contributed by atoms with Crippen LogP contribution >= 0.6 is 11.3 Å². The molecule has 0 atom stereocenters. The first kappa shape index (κ1) is 13.8. The van der Waals surface area contributed by atoms with E-state index in [9.17, 15) is 0 Å². The molecular formula is C15H22N4S. The standard InChI is InChI=1S/C15H22N4S/c1-9-10(2)20-15-13(9)14(17-8-18-15)19-12-6-4-11(16-3)5-7-12/h8,11-12,16H,4-7H2,1-3H3,(H,17,18,19). The third kappa shape index (κ3) is 2.52. The molecule has 0 bridgehead atoms. The molecule has 2 heterocycles. The first-order chi connectivity index (χ1) is 9.69. The fourth-order valence-electron chi connectivity index (χ4n) is 3.01.